The number of unbranched alkanes of at least 4 members (excludes halogenated alkanes) is 3. The summed E-state index contributed by atoms with van der Waals surface area (Å²) in [7, 11) is 1.64. The largest absolute Gasteiger partial charge is 0.497 e. The average molecular weight is 353 g/mol. The van der Waals surface area contributed by atoms with Gasteiger partial charge in [-0.25, -0.2) is 9.78 Å². The zero-order chi connectivity index (χ0) is 18.4. The van der Waals surface area contributed by atoms with E-state index in [0.29, 0.717) is 17.7 Å². The topological polar surface area (TPSA) is 61.6 Å². The average Bonchev–Trinajstić information content (AvgIpc) is 3.11. The molecule has 0 amide bonds. The summed E-state index contributed by atoms with van der Waals surface area (Å²) >= 11 is 0. The van der Waals surface area contributed by atoms with Gasteiger partial charge in [0.2, 0.25) is 0 Å². The Bertz CT molecular complexity index is 867. The molecule has 2 aromatic carbocycles. The third kappa shape index (κ3) is 4.23. The van der Waals surface area contributed by atoms with Crippen LogP contribution in [0.4, 0.5) is 0 Å². The monoisotopic (exact) mass is 353 g/mol. The lowest BCUT2D eigenvalue weighted by Crippen LogP contribution is -2.06. The number of nitrogens with zero attached hydrogens (tertiary/aromatic N) is 1. The van der Waals surface area contributed by atoms with Crippen LogP contribution >= 0.6 is 0 Å². The quantitative estimate of drug-likeness (QED) is 0.409. The van der Waals surface area contributed by atoms with Crippen molar-refractivity contribution in [3.63, 3.8) is 0 Å². The Morgan fingerprint density at radius 2 is 1.81 bits per heavy atom. The van der Waals surface area contributed by atoms with Crippen molar-refractivity contribution in [2.75, 3.05) is 13.7 Å². The van der Waals surface area contributed by atoms with E-state index in [1.807, 2.05) is 42.5 Å². The molecule has 5 nitrogen and oxygen atoms in total. The number of rotatable bonds is 8. The van der Waals surface area contributed by atoms with Crippen molar-refractivity contribution < 1.29 is 18.7 Å². The first-order valence-corrected chi connectivity index (χ1v) is 8.93. The molecule has 0 saturated carbocycles. The van der Waals surface area contributed by atoms with Crippen LogP contribution in [0.25, 0.3) is 22.2 Å². The van der Waals surface area contributed by atoms with Crippen molar-refractivity contribution in [2.45, 2.75) is 32.6 Å². The van der Waals surface area contributed by atoms with Gasteiger partial charge < -0.3 is 13.9 Å². The molecule has 0 aliphatic carbocycles. The Morgan fingerprint density at radius 1 is 1.04 bits per heavy atom. The van der Waals surface area contributed by atoms with Crippen LogP contribution in [-0.4, -0.2) is 24.7 Å². The molecular weight excluding hydrogens is 330 g/mol. The highest BCUT2D eigenvalue weighted by molar-refractivity contribution is 5.89. The van der Waals surface area contributed by atoms with E-state index in [0.717, 1.165) is 42.6 Å². The Morgan fingerprint density at radius 3 is 2.54 bits per heavy atom. The van der Waals surface area contributed by atoms with Gasteiger partial charge in [-0.05, 0) is 41.8 Å². The number of benzene rings is 2. The fourth-order valence-corrected chi connectivity index (χ4v) is 2.73. The lowest BCUT2D eigenvalue weighted by Gasteiger charge is -2.03. The summed E-state index contributed by atoms with van der Waals surface area (Å²) < 4.78 is 15.9. The molecule has 0 radical (unpaired) electrons. The van der Waals surface area contributed by atoms with E-state index in [1.165, 1.54) is 0 Å². The summed E-state index contributed by atoms with van der Waals surface area (Å²) in [5.41, 5.74) is 3.24. The van der Waals surface area contributed by atoms with E-state index >= 15 is 0 Å². The second kappa shape index (κ2) is 8.52. The van der Waals surface area contributed by atoms with Crippen LogP contribution in [0.2, 0.25) is 0 Å². The first kappa shape index (κ1) is 18.0. The van der Waals surface area contributed by atoms with E-state index in [-0.39, 0.29) is 5.89 Å². The zero-order valence-electron chi connectivity index (χ0n) is 15.2. The van der Waals surface area contributed by atoms with E-state index in [2.05, 4.69) is 11.9 Å². The van der Waals surface area contributed by atoms with Crippen LogP contribution in [0, 0.1) is 0 Å². The summed E-state index contributed by atoms with van der Waals surface area (Å²) in [5, 5.41) is 0. The van der Waals surface area contributed by atoms with Crippen molar-refractivity contribution in [1.82, 2.24) is 4.98 Å². The number of aromatic nitrogens is 1. The van der Waals surface area contributed by atoms with Gasteiger partial charge in [0.15, 0.2) is 5.58 Å². The fraction of sp³-hybridized carbons (Fsp3) is 0.333. The number of fused-ring (bicyclic) bond motifs is 1. The van der Waals surface area contributed by atoms with Gasteiger partial charge in [-0.3, -0.25) is 0 Å². The second-order valence-corrected chi connectivity index (χ2v) is 6.13. The van der Waals surface area contributed by atoms with E-state index in [9.17, 15) is 4.79 Å². The smallest absolute Gasteiger partial charge is 0.394 e. The number of esters is 1. The Kier molecular flexibility index (Phi) is 5.89. The number of oxazole rings is 1. The maximum Gasteiger partial charge on any atom is 0.394 e. The van der Waals surface area contributed by atoms with Crippen molar-refractivity contribution in [2.24, 2.45) is 0 Å². The van der Waals surface area contributed by atoms with Crippen molar-refractivity contribution in [1.29, 1.82) is 0 Å². The number of carbonyl (C=O) groups excluding carboxylic acids is 1. The van der Waals surface area contributed by atoms with Gasteiger partial charge in [-0.15, -0.1) is 0 Å². The molecule has 3 rings (SSSR count). The lowest BCUT2D eigenvalue weighted by atomic mass is 10.1. The molecule has 0 unspecified atom stereocenters. The molecule has 26 heavy (non-hydrogen) atoms. The molecule has 0 N–H and O–H groups in total. The minimum absolute atomic E-state index is 0.00220. The SMILES string of the molecule is CCCCCCOC(=O)c1nc2cc(-c3ccc(OC)cc3)ccc2o1. The second-order valence-electron chi connectivity index (χ2n) is 6.13. The van der Waals surface area contributed by atoms with Crippen LogP contribution in [-0.2, 0) is 4.74 Å². The van der Waals surface area contributed by atoms with Crippen molar-refractivity contribution in [3.8, 4) is 16.9 Å². The Labute approximate surface area is 152 Å². The third-order valence-corrected chi connectivity index (χ3v) is 4.22. The summed E-state index contributed by atoms with van der Waals surface area (Å²) in [4.78, 5) is 16.4. The third-order valence-electron chi connectivity index (χ3n) is 4.22. The van der Waals surface area contributed by atoms with Gasteiger partial charge in [0, 0.05) is 0 Å². The minimum atomic E-state index is -0.510. The van der Waals surface area contributed by atoms with Crippen LogP contribution in [0.1, 0.15) is 43.3 Å². The first-order chi connectivity index (χ1) is 12.7. The Balaban J connectivity index is 1.71. The molecule has 0 bridgehead atoms. The summed E-state index contributed by atoms with van der Waals surface area (Å²) in [6.45, 7) is 2.54. The highest BCUT2D eigenvalue weighted by Crippen LogP contribution is 2.26. The van der Waals surface area contributed by atoms with Gasteiger partial charge in [0.1, 0.15) is 11.3 Å². The van der Waals surface area contributed by atoms with Gasteiger partial charge in [-0.2, -0.15) is 0 Å². The van der Waals surface area contributed by atoms with Gasteiger partial charge >= 0.3 is 11.9 Å². The molecule has 0 atom stereocenters. The van der Waals surface area contributed by atoms with Gasteiger partial charge in [0.05, 0.1) is 13.7 Å². The summed E-state index contributed by atoms with van der Waals surface area (Å²) in [6, 6.07) is 13.4. The maximum atomic E-state index is 12.1. The number of hydrogen-bond acceptors (Lipinski definition) is 5. The molecule has 1 aromatic heterocycles. The molecule has 1 heterocycles. The van der Waals surface area contributed by atoms with Crippen LogP contribution in [0.3, 0.4) is 0 Å². The van der Waals surface area contributed by atoms with E-state index in [4.69, 9.17) is 13.9 Å². The van der Waals surface area contributed by atoms with Crippen LogP contribution < -0.4 is 4.74 Å². The highest BCUT2D eigenvalue weighted by atomic mass is 16.5. The minimum Gasteiger partial charge on any atom is -0.497 e. The molecule has 0 saturated heterocycles. The molecule has 0 aliphatic heterocycles. The number of hydrogen-bond donors (Lipinski definition) is 0. The standard InChI is InChI=1S/C21H23NO4/c1-3-4-5-6-13-25-21(23)20-22-18-14-16(9-12-19(18)26-20)15-7-10-17(24-2)11-8-15/h7-12,14H,3-6,13H2,1-2H3. The predicted octanol–water partition coefficient (Wildman–Crippen LogP) is 5.24. The predicted molar refractivity (Wildman–Crippen MR) is 100 cm³/mol. The molecule has 5 heteroatoms. The molecule has 0 fully saturated rings. The van der Waals surface area contributed by atoms with E-state index < -0.39 is 5.97 Å². The highest BCUT2D eigenvalue weighted by Gasteiger charge is 2.16. The number of ether oxygens (including phenoxy) is 2. The molecule has 0 aliphatic rings. The Hall–Kier alpha value is -2.82. The van der Waals surface area contributed by atoms with Gasteiger partial charge in [-0.1, -0.05) is 44.4 Å². The van der Waals surface area contributed by atoms with Crippen LogP contribution in [0.5, 0.6) is 5.75 Å². The molecule has 0 spiro atoms. The molecular formula is C21H23NO4. The molecule has 3 aromatic rings. The molecule has 136 valence electrons. The normalized spacial score (nSPS) is 10.8. The summed E-state index contributed by atoms with van der Waals surface area (Å²) in [6.07, 6.45) is 4.22. The van der Waals surface area contributed by atoms with Gasteiger partial charge in [0.25, 0.3) is 0 Å². The van der Waals surface area contributed by atoms with E-state index in [1.54, 1.807) is 7.11 Å². The first-order valence-electron chi connectivity index (χ1n) is 8.93. The zero-order valence-corrected chi connectivity index (χ0v) is 15.2. The maximum absolute atomic E-state index is 12.1. The number of carbonyl (C=O) groups is 1. The van der Waals surface area contributed by atoms with Crippen molar-refractivity contribution >= 4 is 17.1 Å². The summed E-state index contributed by atoms with van der Waals surface area (Å²) in [5.74, 6) is 0.298. The van der Waals surface area contributed by atoms with Crippen LogP contribution in [0.15, 0.2) is 46.9 Å². The lowest BCUT2D eigenvalue weighted by molar-refractivity contribution is 0.0455. The van der Waals surface area contributed by atoms with Crippen molar-refractivity contribution in [3.05, 3.63) is 48.4 Å². The number of methoxy groups -OCH3 is 1. The fourth-order valence-electron chi connectivity index (χ4n) is 2.73.